The molecule has 2 rings (SSSR count). The van der Waals surface area contributed by atoms with Gasteiger partial charge in [-0.15, -0.1) is 0 Å². The molecule has 86 valence electrons. The van der Waals surface area contributed by atoms with E-state index in [9.17, 15) is 4.79 Å². The molecule has 0 N–H and O–H groups in total. The summed E-state index contributed by atoms with van der Waals surface area (Å²) in [6, 6.07) is 0. The molecule has 0 saturated heterocycles. The molecule has 0 aromatic carbocycles. The van der Waals surface area contributed by atoms with Crippen molar-refractivity contribution >= 4 is 18.1 Å². The molecule has 0 aromatic rings. The van der Waals surface area contributed by atoms with E-state index in [-0.39, 0.29) is 6.09 Å². The summed E-state index contributed by atoms with van der Waals surface area (Å²) in [6.45, 7) is 6.15. The summed E-state index contributed by atoms with van der Waals surface area (Å²) < 4.78 is 5.28. The second-order valence-corrected chi connectivity index (χ2v) is 4.76. The Bertz CT molecular complexity index is 402. The summed E-state index contributed by atoms with van der Waals surface area (Å²) in [4.78, 5) is 21.5. The van der Waals surface area contributed by atoms with Crippen LogP contribution in [0.25, 0.3) is 0 Å². The van der Waals surface area contributed by atoms with Crippen molar-refractivity contribution in [2.24, 2.45) is 9.98 Å². The standard InChI is InChI=1S/C11H15N3O2/c1-11(2,3)16-10(15)14-5-4-8-9(6-14)13-7-12-8/h6-7H,4-5H2,1-3H3. The Morgan fingerprint density at radius 3 is 2.94 bits per heavy atom. The Morgan fingerprint density at radius 1 is 1.50 bits per heavy atom. The molecule has 0 bridgehead atoms. The zero-order chi connectivity index (χ0) is 11.8. The van der Waals surface area contributed by atoms with Gasteiger partial charge in [-0.1, -0.05) is 0 Å². The third-order valence-electron chi connectivity index (χ3n) is 2.20. The Kier molecular flexibility index (Phi) is 2.53. The summed E-state index contributed by atoms with van der Waals surface area (Å²) in [5, 5.41) is 0. The number of nitrogens with zero attached hydrogens (tertiary/aromatic N) is 3. The van der Waals surface area contributed by atoms with Gasteiger partial charge in [0.1, 0.15) is 17.6 Å². The topological polar surface area (TPSA) is 54.3 Å². The molecular formula is C11H15N3O2. The maximum Gasteiger partial charge on any atom is 0.414 e. The highest BCUT2D eigenvalue weighted by molar-refractivity contribution is 6.08. The first-order chi connectivity index (χ1) is 7.46. The average Bonchev–Trinajstić information content (AvgIpc) is 2.61. The summed E-state index contributed by atoms with van der Waals surface area (Å²) in [7, 11) is 0. The maximum absolute atomic E-state index is 11.8. The Morgan fingerprint density at radius 2 is 2.25 bits per heavy atom. The minimum Gasteiger partial charge on any atom is -0.443 e. The van der Waals surface area contributed by atoms with Gasteiger partial charge >= 0.3 is 6.09 Å². The second kappa shape index (κ2) is 3.73. The van der Waals surface area contributed by atoms with Gasteiger partial charge in [-0.05, 0) is 20.8 Å². The van der Waals surface area contributed by atoms with Crippen molar-refractivity contribution in [2.75, 3.05) is 6.54 Å². The molecule has 0 spiro atoms. The van der Waals surface area contributed by atoms with Crippen LogP contribution < -0.4 is 0 Å². The molecular weight excluding hydrogens is 206 g/mol. The molecule has 0 aromatic heterocycles. The molecule has 0 saturated carbocycles. The van der Waals surface area contributed by atoms with Crippen LogP contribution >= 0.6 is 0 Å². The van der Waals surface area contributed by atoms with Crippen molar-refractivity contribution in [3.05, 3.63) is 11.9 Å². The first-order valence-electron chi connectivity index (χ1n) is 5.27. The number of hydrogen-bond donors (Lipinski definition) is 0. The molecule has 1 amide bonds. The van der Waals surface area contributed by atoms with E-state index in [1.165, 1.54) is 6.34 Å². The van der Waals surface area contributed by atoms with Gasteiger partial charge in [-0.2, -0.15) is 0 Å². The van der Waals surface area contributed by atoms with Crippen LogP contribution in [0.15, 0.2) is 21.9 Å². The molecule has 0 unspecified atom stereocenters. The van der Waals surface area contributed by atoms with Crippen LogP contribution in [0.1, 0.15) is 27.2 Å². The first kappa shape index (κ1) is 10.9. The van der Waals surface area contributed by atoms with Gasteiger partial charge in [-0.25, -0.2) is 14.8 Å². The minimum absolute atomic E-state index is 0.332. The fraction of sp³-hybridized carbons (Fsp3) is 0.545. The number of ether oxygens (including phenoxy) is 1. The molecule has 2 aliphatic rings. The number of allylic oxidation sites excluding steroid dienone is 1. The molecule has 5 heteroatoms. The predicted octanol–water partition coefficient (Wildman–Crippen LogP) is 1.95. The van der Waals surface area contributed by atoms with Crippen molar-refractivity contribution in [3.63, 3.8) is 0 Å². The van der Waals surface area contributed by atoms with Crippen LogP contribution in [0, 0.1) is 0 Å². The highest BCUT2D eigenvalue weighted by Gasteiger charge is 2.26. The van der Waals surface area contributed by atoms with Crippen LogP contribution in [0.2, 0.25) is 0 Å². The van der Waals surface area contributed by atoms with Crippen LogP contribution in [0.4, 0.5) is 4.79 Å². The van der Waals surface area contributed by atoms with E-state index in [4.69, 9.17) is 4.74 Å². The zero-order valence-electron chi connectivity index (χ0n) is 9.73. The quantitative estimate of drug-likeness (QED) is 0.627. The Hall–Kier alpha value is -1.65. The van der Waals surface area contributed by atoms with Gasteiger partial charge in [0.15, 0.2) is 0 Å². The van der Waals surface area contributed by atoms with E-state index in [0.717, 1.165) is 17.8 Å². The number of rotatable bonds is 0. The minimum atomic E-state index is -0.469. The average molecular weight is 221 g/mol. The van der Waals surface area contributed by atoms with Crippen molar-refractivity contribution < 1.29 is 9.53 Å². The highest BCUT2D eigenvalue weighted by Crippen LogP contribution is 2.19. The molecule has 0 radical (unpaired) electrons. The molecule has 0 fully saturated rings. The Balaban J connectivity index is 2.07. The van der Waals surface area contributed by atoms with E-state index >= 15 is 0 Å². The third kappa shape index (κ3) is 2.29. The molecule has 2 heterocycles. The van der Waals surface area contributed by atoms with Crippen molar-refractivity contribution in [3.8, 4) is 0 Å². The van der Waals surface area contributed by atoms with Gasteiger partial charge < -0.3 is 4.74 Å². The van der Waals surface area contributed by atoms with Crippen molar-refractivity contribution in [1.29, 1.82) is 0 Å². The number of aliphatic imine (C=N–C) groups is 2. The van der Waals surface area contributed by atoms with Gasteiger partial charge in [0.05, 0.1) is 5.71 Å². The molecule has 16 heavy (non-hydrogen) atoms. The number of carbonyl (C=O) groups excluding carboxylic acids is 1. The predicted molar refractivity (Wildman–Crippen MR) is 61.6 cm³/mol. The second-order valence-electron chi connectivity index (χ2n) is 4.76. The lowest BCUT2D eigenvalue weighted by atomic mass is 10.1. The zero-order valence-corrected chi connectivity index (χ0v) is 9.73. The monoisotopic (exact) mass is 221 g/mol. The van der Waals surface area contributed by atoms with E-state index in [1.807, 2.05) is 20.8 Å². The SMILES string of the molecule is CC(C)(C)OC(=O)N1C=C2N=CN=C2CC1. The summed E-state index contributed by atoms with van der Waals surface area (Å²) >= 11 is 0. The van der Waals surface area contributed by atoms with Gasteiger partial charge in [-0.3, -0.25) is 4.90 Å². The van der Waals surface area contributed by atoms with Crippen LogP contribution in [0.3, 0.4) is 0 Å². The number of amides is 1. The van der Waals surface area contributed by atoms with E-state index in [2.05, 4.69) is 9.98 Å². The van der Waals surface area contributed by atoms with Crippen LogP contribution in [-0.2, 0) is 4.74 Å². The van der Waals surface area contributed by atoms with E-state index in [0.29, 0.717) is 6.54 Å². The molecule has 2 aliphatic heterocycles. The largest absolute Gasteiger partial charge is 0.443 e. The summed E-state index contributed by atoms with van der Waals surface area (Å²) in [5.41, 5.74) is 1.24. The molecule has 0 atom stereocenters. The lowest BCUT2D eigenvalue weighted by Gasteiger charge is -2.27. The lowest BCUT2D eigenvalue weighted by Crippen LogP contribution is -2.37. The number of hydrogen-bond acceptors (Lipinski definition) is 4. The highest BCUT2D eigenvalue weighted by atomic mass is 16.6. The number of carbonyl (C=O) groups is 1. The third-order valence-corrected chi connectivity index (χ3v) is 2.20. The summed E-state index contributed by atoms with van der Waals surface area (Å²) in [5.74, 6) is 0. The normalized spacial score (nSPS) is 19.1. The molecule has 0 aliphatic carbocycles. The fourth-order valence-electron chi connectivity index (χ4n) is 1.50. The van der Waals surface area contributed by atoms with Gasteiger partial charge in [0.25, 0.3) is 0 Å². The fourth-order valence-corrected chi connectivity index (χ4v) is 1.50. The van der Waals surface area contributed by atoms with Crippen molar-refractivity contribution in [1.82, 2.24) is 4.90 Å². The maximum atomic E-state index is 11.8. The summed E-state index contributed by atoms with van der Waals surface area (Å²) in [6.07, 6.45) is 3.60. The van der Waals surface area contributed by atoms with E-state index < -0.39 is 5.60 Å². The first-order valence-corrected chi connectivity index (χ1v) is 5.27. The van der Waals surface area contributed by atoms with Crippen LogP contribution in [-0.4, -0.2) is 35.2 Å². The Labute approximate surface area is 94.5 Å². The van der Waals surface area contributed by atoms with E-state index in [1.54, 1.807) is 11.1 Å². The number of fused-ring (bicyclic) bond motifs is 1. The van der Waals surface area contributed by atoms with Crippen LogP contribution in [0.5, 0.6) is 0 Å². The molecule has 5 nitrogen and oxygen atoms in total. The lowest BCUT2D eigenvalue weighted by molar-refractivity contribution is 0.0335. The van der Waals surface area contributed by atoms with Gasteiger partial charge in [0.2, 0.25) is 0 Å². The van der Waals surface area contributed by atoms with Gasteiger partial charge in [0, 0.05) is 19.2 Å². The smallest absolute Gasteiger partial charge is 0.414 e. The van der Waals surface area contributed by atoms with Crippen molar-refractivity contribution in [2.45, 2.75) is 32.8 Å².